The van der Waals surface area contributed by atoms with E-state index in [0.717, 1.165) is 5.56 Å². The first-order valence-corrected chi connectivity index (χ1v) is 6.77. The fourth-order valence-electron chi connectivity index (χ4n) is 2.07. The fraction of sp³-hybridized carbons (Fsp3) is 0.235. The molecule has 0 saturated heterocycles. The van der Waals surface area contributed by atoms with Crippen molar-refractivity contribution in [1.82, 2.24) is 0 Å². The van der Waals surface area contributed by atoms with Crippen LogP contribution in [-0.2, 0) is 0 Å². The molecule has 0 heterocycles. The molecule has 0 saturated carbocycles. The van der Waals surface area contributed by atoms with Crippen LogP contribution in [0.5, 0.6) is 17.2 Å². The Bertz CT molecular complexity index is 682. The number of rotatable bonds is 5. The number of aryl methyl sites for hydroxylation is 1. The normalized spacial score (nSPS) is 10.0. The summed E-state index contributed by atoms with van der Waals surface area (Å²) in [5, 5.41) is 2.82. The first kappa shape index (κ1) is 15.7. The lowest BCUT2D eigenvalue weighted by Gasteiger charge is -2.12. The number of carbonyl (C=O) groups is 1. The highest BCUT2D eigenvalue weighted by atomic mass is 16.5. The number of hydrogen-bond donors (Lipinski definition) is 1. The van der Waals surface area contributed by atoms with Gasteiger partial charge in [0.05, 0.1) is 27.0 Å². The summed E-state index contributed by atoms with van der Waals surface area (Å²) in [6.45, 7) is 1.92. The van der Waals surface area contributed by atoms with Crippen LogP contribution < -0.4 is 19.5 Å². The monoisotopic (exact) mass is 301 g/mol. The topological polar surface area (TPSA) is 56.8 Å². The maximum atomic E-state index is 12.4. The van der Waals surface area contributed by atoms with Crippen molar-refractivity contribution in [1.29, 1.82) is 0 Å². The summed E-state index contributed by atoms with van der Waals surface area (Å²) in [5.41, 5.74) is 2.02. The first-order valence-electron chi connectivity index (χ1n) is 6.77. The number of anilines is 1. The summed E-state index contributed by atoms with van der Waals surface area (Å²) in [6, 6.07) is 10.5. The van der Waals surface area contributed by atoms with Crippen LogP contribution in [0.2, 0.25) is 0 Å². The van der Waals surface area contributed by atoms with Gasteiger partial charge in [-0.15, -0.1) is 0 Å². The Morgan fingerprint density at radius 1 is 0.909 bits per heavy atom. The van der Waals surface area contributed by atoms with Gasteiger partial charge in [0.15, 0.2) is 0 Å². The third-order valence-corrected chi connectivity index (χ3v) is 3.33. The lowest BCUT2D eigenvalue weighted by atomic mass is 10.1. The zero-order chi connectivity index (χ0) is 16.1. The SMILES string of the molecule is COc1ccc(OC)c(NC(=O)c2ccc(C)c(OC)c2)c1. The summed E-state index contributed by atoms with van der Waals surface area (Å²) in [6.07, 6.45) is 0. The van der Waals surface area contributed by atoms with E-state index in [1.807, 2.05) is 13.0 Å². The van der Waals surface area contributed by atoms with Gasteiger partial charge < -0.3 is 19.5 Å². The van der Waals surface area contributed by atoms with Gasteiger partial charge in [0, 0.05) is 11.6 Å². The van der Waals surface area contributed by atoms with E-state index >= 15 is 0 Å². The average molecular weight is 301 g/mol. The molecule has 0 atom stereocenters. The van der Waals surface area contributed by atoms with E-state index in [4.69, 9.17) is 14.2 Å². The molecule has 0 spiro atoms. The Morgan fingerprint density at radius 2 is 1.64 bits per heavy atom. The Balaban J connectivity index is 2.28. The van der Waals surface area contributed by atoms with Crippen molar-refractivity contribution in [2.75, 3.05) is 26.6 Å². The van der Waals surface area contributed by atoms with Crippen LogP contribution in [0.1, 0.15) is 15.9 Å². The molecule has 22 heavy (non-hydrogen) atoms. The molecule has 0 radical (unpaired) electrons. The first-order chi connectivity index (χ1) is 10.6. The van der Waals surface area contributed by atoms with Gasteiger partial charge >= 0.3 is 0 Å². The molecule has 5 heteroatoms. The summed E-state index contributed by atoms with van der Waals surface area (Å²) in [7, 11) is 4.69. The van der Waals surface area contributed by atoms with Crippen LogP contribution in [-0.4, -0.2) is 27.2 Å². The fourth-order valence-corrected chi connectivity index (χ4v) is 2.07. The second-order valence-corrected chi connectivity index (χ2v) is 4.70. The van der Waals surface area contributed by atoms with Crippen molar-refractivity contribution < 1.29 is 19.0 Å². The number of methoxy groups -OCH3 is 3. The lowest BCUT2D eigenvalue weighted by Crippen LogP contribution is -2.13. The number of carbonyl (C=O) groups excluding carboxylic acids is 1. The highest BCUT2D eigenvalue weighted by Gasteiger charge is 2.12. The van der Waals surface area contributed by atoms with Gasteiger partial charge in [-0.2, -0.15) is 0 Å². The summed E-state index contributed by atoms with van der Waals surface area (Å²) in [5.74, 6) is 1.63. The van der Waals surface area contributed by atoms with Gasteiger partial charge in [-0.1, -0.05) is 6.07 Å². The number of hydrogen-bond acceptors (Lipinski definition) is 4. The van der Waals surface area contributed by atoms with Crippen molar-refractivity contribution in [3.05, 3.63) is 47.5 Å². The molecule has 2 aromatic rings. The molecule has 0 bridgehead atoms. The largest absolute Gasteiger partial charge is 0.497 e. The highest BCUT2D eigenvalue weighted by Crippen LogP contribution is 2.29. The van der Waals surface area contributed by atoms with Gasteiger partial charge in [-0.25, -0.2) is 0 Å². The van der Waals surface area contributed by atoms with Gasteiger partial charge in [0.1, 0.15) is 17.2 Å². The van der Waals surface area contributed by atoms with Crippen LogP contribution >= 0.6 is 0 Å². The van der Waals surface area contributed by atoms with E-state index in [0.29, 0.717) is 28.5 Å². The van der Waals surface area contributed by atoms with Crippen LogP contribution in [0.4, 0.5) is 5.69 Å². The number of ether oxygens (including phenoxy) is 3. The minimum atomic E-state index is -0.246. The molecule has 0 fully saturated rings. The molecule has 0 aromatic heterocycles. The molecular formula is C17H19NO4. The number of benzene rings is 2. The Hall–Kier alpha value is -2.69. The quantitative estimate of drug-likeness (QED) is 0.921. The highest BCUT2D eigenvalue weighted by molar-refractivity contribution is 6.05. The van der Waals surface area contributed by atoms with E-state index in [1.165, 1.54) is 0 Å². The van der Waals surface area contributed by atoms with E-state index in [1.54, 1.807) is 51.7 Å². The Labute approximate surface area is 129 Å². The van der Waals surface area contributed by atoms with Crippen molar-refractivity contribution >= 4 is 11.6 Å². The van der Waals surface area contributed by atoms with Crippen LogP contribution in [0.25, 0.3) is 0 Å². The summed E-state index contributed by atoms with van der Waals surface area (Å²) in [4.78, 5) is 12.4. The van der Waals surface area contributed by atoms with E-state index < -0.39 is 0 Å². The van der Waals surface area contributed by atoms with Crippen LogP contribution in [0.3, 0.4) is 0 Å². The molecule has 0 unspecified atom stereocenters. The Morgan fingerprint density at radius 3 is 2.27 bits per heavy atom. The van der Waals surface area contributed by atoms with Crippen LogP contribution in [0, 0.1) is 6.92 Å². The van der Waals surface area contributed by atoms with Crippen LogP contribution in [0.15, 0.2) is 36.4 Å². The van der Waals surface area contributed by atoms with Crippen molar-refractivity contribution in [3.63, 3.8) is 0 Å². The zero-order valence-electron chi connectivity index (χ0n) is 13.1. The molecule has 2 rings (SSSR count). The predicted octanol–water partition coefficient (Wildman–Crippen LogP) is 3.27. The molecule has 2 aromatic carbocycles. The molecule has 1 amide bonds. The third kappa shape index (κ3) is 3.31. The van der Waals surface area contributed by atoms with E-state index in [-0.39, 0.29) is 5.91 Å². The van der Waals surface area contributed by atoms with Gasteiger partial charge in [0.25, 0.3) is 5.91 Å². The van der Waals surface area contributed by atoms with E-state index in [2.05, 4.69) is 5.32 Å². The van der Waals surface area contributed by atoms with Gasteiger partial charge in [-0.05, 0) is 36.8 Å². The van der Waals surface area contributed by atoms with Gasteiger partial charge in [-0.3, -0.25) is 4.79 Å². The Kier molecular flexibility index (Phi) is 4.88. The molecule has 0 aliphatic rings. The lowest BCUT2D eigenvalue weighted by molar-refractivity contribution is 0.102. The second-order valence-electron chi connectivity index (χ2n) is 4.70. The second kappa shape index (κ2) is 6.85. The van der Waals surface area contributed by atoms with Crippen molar-refractivity contribution in [2.45, 2.75) is 6.92 Å². The summed E-state index contributed by atoms with van der Waals surface area (Å²) >= 11 is 0. The number of amides is 1. The number of nitrogens with one attached hydrogen (secondary N) is 1. The molecule has 1 N–H and O–H groups in total. The molecule has 116 valence electrons. The standard InChI is InChI=1S/C17H19NO4/c1-11-5-6-12(9-16(11)22-4)17(19)18-14-10-13(20-2)7-8-15(14)21-3/h5-10H,1-4H3,(H,18,19). The zero-order valence-corrected chi connectivity index (χ0v) is 13.1. The smallest absolute Gasteiger partial charge is 0.255 e. The molecule has 5 nitrogen and oxygen atoms in total. The van der Waals surface area contributed by atoms with Gasteiger partial charge in [0.2, 0.25) is 0 Å². The summed E-state index contributed by atoms with van der Waals surface area (Å²) < 4.78 is 15.7. The van der Waals surface area contributed by atoms with Crippen molar-refractivity contribution in [2.24, 2.45) is 0 Å². The molecule has 0 aliphatic carbocycles. The van der Waals surface area contributed by atoms with E-state index in [9.17, 15) is 4.79 Å². The third-order valence-electron chi connectivity index (χ3n) is 3.33. The molecule has 0 aliphatic heterocycles. The maximum absolute atomic E-state index is 12.4. The predicted molar refractivity (Wildman–Crippen MR) is 85.2 cm³/mol. The average Bonchev–Trinajstić information content (AvgIpc) is 2.55. The minimum Gasteiger partial charge on any atom is -0.497 e. The minimum absolute atomic E-state index is 0.246. The molecular weight excluding hydrogens is 282 g/mol. The maximum Gasteiger partial charge on any atom is 0.255 e. The van der Waals surface area contributed by atoms with Crippen molar-refractivity contribution in [3.8, 4) is 17.2 Å².